The lowest BCUT2D eigenvalue weighted by Gasteiger charge is -2.21. The molecule has 0 fully saturated rings. The first-order chi connectivity index (χ1) is 9.72. The van der Waals surface area contributed by atoms with Crippen LogP contribution in [0.1, 0.15) is 19.4 Å². The van der Waals surface area contributed by atoms with Gasteiger partial charge >= 0.3 is 0 Å². The van der Waals surface area contributed by atoms with Crippen LogP contribution in [-0.2, 0) is 4.79 Å². The molecule has 0 saturated heterocycles. The maximum atomic E-state index is 12.5. The van der Waals surface area contributed by atoms with Gasteiger partial charge in [0.25, 0.3) is 5.91 Å². The van der Waals surface area contributed by atoms with Gasteiger partial charge in [0, 0.05) is 17.8 Å². The summed E-state index contributed by atoms with van der Waals surface area (Å²) in [4.78, 5) is 14.3. The molecule has 102 valence electrons. The van der Waals surface area contributed by atoms with E-state index in [0.717, 1.165) is 16.8 Å². The smallest absolute Gasteiger partial charge is 0.253 e. The maximum absolute atomic E-state index is 12.5. The Labute approximate surface area is 120 Å². The predicted molar refractivity (Wildman–Crippen MR) is 84.6 cm³/mol. The molecule has 0 aliphatic carbocycles. The molecule has 0 saturated carbocycles. The zero-order valence-corrected chi connectivity index (χ0v) is 11.9. The zero-order chi connectivity index (χ0) is 14.4. The normalized spacial score (nSPS) is 11.2. The van der Waals surface area contributed by atoms with Crippen molar-refractivity contribution in [3.8, 4) is 0 Å². The third kappa shape index (κ3) is 3.35. The number of anilines is 1. The summed E-state index contributed by atoms with van der Waals surface area (Å²) in [6.07, 6.45) is 1.92. The highest BCUT2D eigenvalue weighted by Gasteiger charge is 2.14. The fourth-order valence-electron chi connectivity index (χ4n) is 2.13. The molecule has 0 spiro atoms. The molecule has 0 N–H and O–H groups in total. The van der Waals surface area contributed by atoms with Gasteiger partial charge in [-0.15, -0.1) is 0 Å². The largest absolute Gasteiger partial charge is 0.309 e. The van der Waals surface area contributed by atoms with Gasteiger partial charge < -0.3 is 4.90 Å². The van der Waals surface area contributed by atoms with Crippen LogP contribution < -0.4 is 4.90 Å². The Kier molecular flexibility index (Phi) is 4.72. The molecule has 2 aromatic carbocycles. The minimum Gasteiger partial charge on any atom is -0.309 e. The number of benzene rings is 2. The van der Waals surface area contributed by atoms with E-state index >= 15 is 0 Å². The molecule has 0 aliphatic rings. The molecule has 2 nitrogen and oxygen atoms in total. The third-order valence-electron chi connectivity index (χ3n) is 3.15. The standard InChI is InChI=1S/C18H19NO/c1-3-19(17-12-8-5-9-13-17)18(20)15(2)14-16-10-6-4-7-11-16/h4-14H,3H2,1-2H3. The molecular formula is C18H19NO. The monoisotopic (exact) mass is 265 g/mol. The van der Waals surface area contributed by atoms with Crippen molar-refractivity contribution in [1.29, 1.82) is 0 Å². The second kappa shape index (κ2) is 6.71. The molecule has 0 atom stereocenters. The highest BCUT2D eigenvalue weighted by Crippen LogP contribution is 2.17. The Bertz CT molecular complexity index is 587. The molecule has 0 radical (unpaired) electrons. The van der Waals surface area contributed by atoms with Gasteiger partial charge in [-0.3, -0.25) is 4.79 Å². The summed E-state index contributed by atoms with van der Waals surface area (Å²) in [7, 11) is 0. The summed E-state index contributed by atoms with van der Waals surface area (Å²) in [6, 6.07) is 19.7. The maximum Gasteiger partial charge on any atom is 0.253 e. The van der Waals surface area contributed by atoms with Crippen molar-refractivity contribution in [3.63, 3.8) is 0 Å². The van der Waals surface area contributed by atoms with Crippen LogP contribution in [0.25, 0.3) is 6.08 Å². The van der Waals surface area contributed by atoms with E-state index in [1.54, 1.807) is 4.90 Å². The Morgan fingerprint density at radius 1 is 1.00 bits per heavy atom. The molecule has 20 heavy (non-hydrogen) atoms. The molecule has 0 bridgehead atoms. The minimum absolute atomic E-state index is 0.0440. The Morgan fingerprint density at radius 2 is 1.55 bits per heavy atom. The molecule has 2 aromatic rings. The van der Waals surface area contributed by atoms with Crippen LogP contribution in [0, 0.1) is 0 Å². The first kappa shape index (κ1) is 14.1. The summed E-state index contributed by atoms with van der Waals surface area (Å²) in [5.74, 6) is 0.0440. The van der Waals surface area contributed by atoms with Crippen molar-refractivity contribution in [1.82, 2.24) is 0 Å². The lowest BCUT2D eigenvalue weighted by atomic mass is 10.1. The van der Waals surface area contributed by atoms with E-state index < -0.39 is 0 Å². The lowest BCUT2D eigenvalue weighted by molar-refractivity contribution is -0.115. The SMILES string of the molecule is CCN(C(=O)C(C)=Cc1ccccc1)c1ccccc1. The van der Waals surface area contributed by atoms with Gasteiger partial charge in [-0.25, -0.2) is 0 Å². The summed E-state index contributed by atoms with van der Waals surface area (Å²) in [6.45, 7) is 4.50. The Hall–Kier alpha value is -2.35. The van der Waals surface area contributed by atoms with Gasteiger partial charge in [0.15, 0.2) is 0 Å². The molecule has 2 rings (SSSR count). The first-order valence-corrected chi connectivity index (χ1v) is 6.82. The number of para-hydroxylation sites is 1. The van der Waals surface area contributed by atoms with Crippen molar-refractivity contribution in [2.45, 2.75) is 13.8 Å². The molecule has 0 aromatic heterocycles. The highest BCUT2D eigenvalue weighted by molar-refractivity contribution is 6.07. The predicted octanol–water partition coefficient (Wildman–Crippen LogP) is 4.14. The van der Waals surface area contributed by atoms with Crippen molar-refractivity contribution in [2.24, 2.45) is 0 Å². The van der Waals surface area contributed by atoms with Crippen LogP contribution in [0.5, 0.6) is 0 Å². The summed E-state index contributed by atoms with van der Waals surface area (Å²) in [5.41, 5.74) is 2.71. The van der Waals surface area contributed by atoms with Gasteiger partial charge in [0.05, 0.1) is 0 Å². The fraction of sp³-hybridized carbons (Fsp3) is 0.167. The van der Waals surface area contributed by atoms with Crippen LogP contribution in [-0.4, -0.2) is 12.5 Å². The van der Waals surface area contributed by atoms with E-state index in [0.29, 0.717) is 6.54 Å². The van der Waals surface area contributed by atoms with E-state index in [9.17, 15) is 4.79 Å². The van der Waals surface area contributed by atoms with Gasteiger partial charge in [-0.2, -0.15) is 0 Å². The van der Waals surface area contributed by atoms with E-state index in [-0.39, 0.29) is 5.91 Å². The second-order valence-corrected chi connectivity index (χ2v) is 4.62. The number of nitrogens with zero attached hydrogens (tertiary/aromatic N) is 1. The third-order valence-corrected chi connectivity index (χ3v) is 3.15. The second-order valence-electron chi connectivity index (χ2n) is 4.62. The van der Waals surface area contributed by atoms with Crippen LogP contribution in [0.4, 0.5) is 5.69 Å². The average molecular weight is 265 g/mol. The number of hydrogen-bond acceptors (Lipinski definition) is 1. The molecule has 1 amide bonds. The molecule has 0 aliphatic heterocycles. The number of carbonyl (C=O) groups is 1. The zero-order valence-electron chi connectivity index (χ0n) is 11.9. The first-order valence-electron chi connectivity index (χ1n) is 6.82. The van der Waals surface area contributed by atoms with Crippen molar-refractivity contribution in [3.05, 3.63) is 71.8 Å². The number of carbonyl (C=O) groups excluding carboxylic acids is 1. The van der Waals surface area contributed by atoms with E-state index in [1.165, 1.54) is 0 Å². The average Bonchev–Trinajstić information content (AvgIpc) is 2.50. The Balaban J connectivity index is 2.23. The van der Waals surface area contributed by atoms with Gasteiger partial charge in [0.1, 0.15) is 0 Å². The topological polar surface area (TPSA) is 20.3 Å². The van der Waals surface area contributed by atoms with Crippen LogP contribution in [0.15, 0.2) is 66.2 Å². The number of hydrogen-bond donors (Lipinski definition) is 0. The van der Waals surface area contributed by atoms with Gasteiger partial charge in [-0.1, -0.05) is 48.5 Å². The summed E-state index contributed by atoms with van der Waals surface area (Å²) < 4.78 is 0. The van der Waals surface area contributed by atoms with Gasteiger partial charge in [-0.05, 0) is 37.6 Å². The van der Waals surface area contributed by atoms with Crippen LogP contribution in [0.2, 0.25) is 0 Å². The lowest BCUT2D eigenvalue weighted by Crippen LogP contribution is -2.31. The number of amides is 1. The highest BCUT2D eigenvalue weighted by atomic mass is 16.2. The van der Waals surface area contributed by atoms with Crippen LogP contribution in [0.3, 0.4) is 0 Å². The number of likely N-dealkylation sites (N-methyl/N-ethyl adjacent to an activating group) is 1. The molecule has 0 unspecified atom stereocenters. The van der Waals surface area contributed by atoms with E-state index in [4.69, 9.17) is 0 Å². The van der Waals surface area contributed by atoms with Crippen molar-refractivity contribution in [2.75, 3.05) is 11.4 Å². The fourth-order valence-corrected chi connectivity index (χ4v) is 2.13. The van der Waals surface area contributed by atoms with E-state index in [2.05, 4.69) is 0 Å². The molecular weight excluding hydrogens is 246 g/mol. The number of rotatable bonds is 4. The Morgan fingerprint density at radius 3 is 2.10 bits per heavy atom. The van der Waals surface area contributed by atoms with Crippen LogP contribution >= 0.6 is 0 Å². The van der Waals surface area contributed by atoms with Gasteiger partial charge in [0.2, 0.25) is 0 Å². The molecule has 2 heteroatoms. The minimum atomic E-state index is 0.0440. The van der Waals surface area contributed by atoms with Crippen molar-refractivity contribution >= 4 is 17.7 Å². The summed E-state index contributed by atoms with van der Waals surface area (Å²) >= 11 is 0. The van der Waals surface area contributed by atoms with E-state index in [1.807, 2.05) is 80.6 Å². The quantitative estimate of drug-likeness (QED) is 0.761. The summed E-state index contributed by atoms with van der Waals surface area (Å²) in [5, 5.41) is 0. The van der Waals surface area contributed by atoms with Crippen molar-refractivity contribution < 1.29 is 4.79 Å². The molecule has 0 heterocycles.